The maximum Gasteiger partial charge on any atom is 0.0639 e. The van der Waals surface area contributed by atoms with Crippen LogP contribution in [0.5, 0.6) is 0 Å². The van der Waals surface area contributed by atoms with Gasteiger partial charge in [0, 0.05) is 6.04 Å². The van der Waals surface area contributed by atoms with E-state index in [-0.39, 0.29) is 12.1 Å². The van der Waals surface area contributed by atoms with E-state index in [0.29, 0.717) is 6.61 Å². The molecule has 0 saturated heterocycles. The Balaban J connectivity index is 2.67. The molecule has 0 aromatic heterocycles. The lowest BCUT2D eigenvalue weighted by Crippen LogP contribution is -2.41. The standard InChI is InChI=1S/C14H24N2O/c1-10(2)17-9-13(16-15)8-14-11(3)6-5-7-12(14)4/h5-7,10,13,16H,8-9,15H2,1-4H3. The van der Waals surface area contributed by atoms with Gasteiger partial charge in [-0.1, -0.05) is 18.2 Å². The van der Waals surface area contributed by atoms with Gasteiger partial charge in [-0.05, 0) is 50.8 Å². The lowest BCUT2D eigenvalue weighted by atomic mass is 9.97. The van der Waals surface area contributed by atoms with Crippen LogP contribution in [-0.2, 0) is 11.2 Å². The minimum Gasteiger partial charge on any atom is -0.377 e. The molecule has 1 rings (SSSR count). The van der Waals surface area contributed by atoms with Crippen LogP contribution in [0, 0.1) is 13.8 Å². The fourth-order valence-electron chi connectivity index (χ4n) is 1.89. The molecular weight excluding hydrogens is 212 g/mol. The molecule has 0 bridgehead atoms. The van der Waals surface area contributed by atoms with Gasteiger partial charge in [-0.25, -0.2) is 0 Å². The van der Waals surface area contributed by atoms with Crippen LogP contribution in [0.4, 0.5) is 0 Å². The monoisotopic (exact) mass is 236 g/mol. The molecule has 3 N–H and O–H groups in total. The maximum absolute atomic E-state index is 5.60. The number of nitrogens with two attached hydrogens (primary N) is 1. The second-order valence-corrected chi connectivity index (χ2v) is 4.82. The summed E-state index contributed by atoms with van der Waals surface area (Å²) in [5.41, 5.74) is 6.83. The van der Waals surface area contributed by atoms with Crippen molar-refractivity contribution < 1.29 is 4.74 Å². The summed E-state index contributed by atoms with van der Waals surface area (Å²) in [4.78, 5) is 0. The van der Waals surface area contributed by atoms with E-state index in [4.69, 9.17) is 10.6 Å². The first-order valence-corrected chi connectivity index (χ1v) is 6.17. The second-order valence-electron chi connectivity index (χ2n) is 4.82. The van der Waals surface area contributed by atoms with Crippen molar-refractivity contribution >= 4 is 0 Å². The van der Waals surface area contributed by atoms with E-state index in [1.807, 2.05) is 13.8 Å². The Hall–Kier alpha value is -0.900. The normalized spacial score (nSPS) is 13.1. The molecule has 0 fully saturated rings. The third-order valence-electron chi connectivity index (χ3n) is 2.96. The Labute approximate surface area is 104 Å². The lowest BCUT2D eigenvalue weighted by molar-refractivity contribution is 0.0612. The molecule has 3 nitrogen and oxygen atoms in total. The van der Waals surface area contributed by atoms with Crippen LogP contribution in [-0.4, -0.2) is 18.8 Å². The summed E-state index contributed by atoms with van der Waals surface area (Å²) in [7, 11) is 0. The smallest absolute Gasteiger partial charge is 0.0639 e. The predicted octanol–water partition coefficient (Wildman–Crippen LogP) is 2.10. The largest absolute Gasteiger partial charge is 0.377 e. The first kappa shape index (κ1) is 14.2. The number of rotatable bonds is 6. The average Bonchev–Trinajstić information content (AvgIpc) is 2.27. The van der Waals surface area contributed by atoms with Gasteiger partial charge in [-0.15, -0.1) is 0 Å². The molecule has 0 heterocycles. The highest BCUT2D eigenvalue weighted by atomic mass is 16.5. The van der Waals surface area contributed by atoms with Crippen LogP contribution < -0.4 is 11.3 Å². The van der Waals surface area contributed by atoms with Crippen LogP contribution in [0.15, 0.2) is 18.2 Å². The molecule has 0 spiro atoms. The number of hydrogen-bond acceptors (Lipinski definition) is 3. The van der Waals surface area contributed by atoms with E-state index in [2.05, 4.69) is 37.5 Å². The number of nitrogens with one attached hydrogen (secondary N) is 1. The van der Waals surface area contributed by atoms with Crippen molar-refractivity contribution in [3.8, 4) is 0 Å². The van der Waals surface area contributed by atoms with Crippen LogP contribution in [0.2, 0.25) is 0 Å². The summed E-state index contributed by atoms with van der Waals surface area (Å²) in [5, 5.41) is 0. The molecule has 0 aliphatic rings. The molecule has 0 aliphatic carbocycles. The molecule has 96 valence electrons. The quantitative estimate of drug-likeness (QED) is 0.587. The predicted molar refractivity (Wildman–Crippen MR) is 71.8 cm³/mol. The Bertz CT molecular complexity index is 330. The fourth-order valence-corrected chi connectivity index (χ4v) is 1.89. The Morgan fingerprint density at radius 3 is 2.29 bits per heavy atom. The second kappa shape index (κ2) is 6.74. The summed E-state index contributed by atoms with van der Waals surface area (Å²) >= 11 is 0. The van der Waals surface area contributed by atoms with Gasteiger partial charge in [0.25, 0.3) is 0 Å². The van der Waals surface area contributed by atoms with E-state index in [1.165, 1.54) is 16.7 Å². The van der Waals surface area contributed by atoms with E-state index in [1.54, 1.807) is 0 Å². The number of hydrazine groups is 1. The van der Waals surface area contributed by atoms with Crippen LogP contribution in [0.1, 0.15) is 30.5 Å². The van der Waals surface area contributed by atoms with Gasteiger partial charge < -0.3 is 4.74 Å². The molecule has 1 atom stereocenters. The molecule has 0 radical (unpaired) electrons. The Kier molecular flexibility index (Phi) is 5.62. The van der Waals surface area contributed by atoms with Gasteiger partial charge in [0.1, 0.15) is 0 Å². The van der Waals surface area contributed by atoms with Crippen LogP contribution >= 0.6 is 0 Å². The molecule has 0 amide bonds. The first-order chi connectivity index (χ1) is 8.04. The molecule has 1 unspecified atom stereocenters. The van der Waals surface area contributed by atoms with Gasteiger partial charge >= 0.3 is 0 Å². The van der Waals surface area contributed by atoms with Crippen molar-refractivity contribution in [2.45, 2.75) is 46.3 Å². The summed E-state index contributed by atoms with van der Waals surface area (Å²) in [6, 6.07) is 6.53. The van der Waals surface area contributed by atoms with E-state index in [0.717, 1.165) is 6.42 Å². The van der Waals surface area contributed by atoms with E-state index < -0.39 is 0 Å². The number of ether oxygens (including phenoxy) is 1. The molecule has 17 heavy (non-hydrogen) atoms. The molecule has 3 heteroatoms. The van der Waals surface area contributed by atoms with Gasteiger partial charge in [-0.2, -0.15) is 0 Å². The zero-order valence-corrected chi connectivity index (χ0v) is 11.3. The van der Waals surface area contributed by atoms with Crippen molar-refractivity contribution in [2.75, 3.05) is 6.61 Å². The minimum atomic E-state index is 0.164. The highest BCUT2D eigenvalue weighted by Crippen LogP contribution is 2.15. The molecular formula is C14H24N2O. The summed E-state index contributed by atoms with van der Waals surface area (Å²) in [5.74, 6) is 5.58. The highest BCUT2D eigenvalue weighted by Gasteiger charge is 2.12. The van der Waals surface area contributed by atoms with Gasteiger partial charge in [-0.3, -0.25) is 11.3 Å². The first-order valence-electron chi connectivity index (χ1n) is 6.17. The number of benzene rings is 1. The lowest BCUT2D eigenvalue weighted by Gasteiger charge is -2.20. The number of aryl methyl sites for hydroxylation is 2. The maximum atomic E-state index is 5.60. The summed E-state index contributed by atoms with van der Waals surface area (Å²) < 4.78 is 5.60. The van der Waals surface area contributed by atoms with E-state index >= 15 is 0 Å². The fraction of sp³-hybridized carbons (Fsp3) is 0.571. The topological polar surface area (TPSA) is 47.3 Å². The van der Waals surface area contributed by atoms with Crippen molar-refractivity contribution in [3.63, 3.8) is 0 Å². The third-order valence-corrected chi connectivity index (χ3v) is 2.96. The van der Waals surface area contributed by atoms with Crippen molar-refractivity contribution in [1.29, 1.82) is 0 Å². The molecule has 1 aromatic rings. The number of hydrogen-bond donors (Lipinski definition) is 2. The van der Waals surface area contributed by atoms with E-state index in [9.17, 15) is 0 Å². The van der Waals surface area contributed by atoms with Gasteiger partial charge in [0.05, 0.1) is 12.7 Å². The molecule has 0 aliphatic heterocycles. The zero-order chi connectivity index (χ0) is 12.8. The molecule has 1 aromatic carbocycles. The van der Waals surface area contributed by atoms with Crippen LogP contribution in [0.25, 0.3) is 0 Å². The van der Waals surface area contributed by atoms with Crippen molar-refractivity contribution in [1.82, 2.24) is 5.43 Å². The highest BCUT2D eigenvalue weighted by molar-refractivity contribution is 5.34. The third kappa shape index (κ3) is 4.46. The summed E-state index contributed by atoms with van der Waals surface area (Å²) in [6.45, 7) is 8.99. The van der Waals surface area contributed by atoms with Crippen molar-refractivity contribution in [3.05, 3.63) is 34.9 Å². The SMILES string of the molecule is Cc1cccc(C)c1CC(COC(C)C)NN. The zero-order valence-electron chi connectivity index (χ0n) is 11.3. The summed E-state index contributed by atoms with van der Waals surface area (Å²) in [6.07, 6.45) is 1.14. The van der Waals surface area contributed by atoms with Gasteiger partial charge in [0.2, 0.25) is 0 Å². The van der Waals surface area contributed by atoms with Crippen LogP contribution in [0.3, 0.4) is 0 Å². The minimum absolute atomic E-state index is 0.164. The van der Waals surface area contributed by atoms with Gasteiger partial charge in [0.15, 0.2) is 0 Å². The molecule has 0 saturated carbocycles. The Morgan fingerprint density at radius 2 is 1.82 bits per heavy atom. The van der Waals surface area contributed by atoms with Crippen molar-refractivity contribution in [2.24, 2.45) is 5.84 Å². The average molecular weight is 236 g/mol. The Morgan fingerprint density at radius 1 is 1.24 bits per heavy atom.